The van der Waals surface area contributed by atoms with E-state index in [0.29, 0.717) is 16.7 Å². The van der Waals surface area contributed by atoms with Crippen LogP contribution < -0.4 is 4.74 Å². The van der Waals surface area contributed by atoms with Gasteiger partial charge in [-0.2, -0.15) is 4.98 Å². The summed E-state index contributed by atoms with van der Waals surface area (Å²) in [7, 11) is 0. The van der Waals surface area contributed by atoms with Crippen LogP contribution >= 0.6 is 0 Å². The average molecular weight is 259 g/mol. The van der Waals surface area contributed by atoms with Crippen molar-refractivity contribution >= 4 is 10.9 Å². The number of hydrogen-bond acceptors (Lipinski definition) is 5. The fourth-order valence-electron chi connectivity index (χ4n) is 1.79. The highest BCUT2D eigenvalue weighted by molar-refractivity contribution is 5.82. The fraction of sp³-hybridized carbons (Fsp3) is 0.154. The van der Waals surface area contributed by atoms with E-state index in [9.17, 15) is 4.39 Å². The minimum Gasteiger partial charge on any atom is -0.444 e. The van der Waals surface area contributed by atoms with Gasteiger partial charge in [0.15, 0.2) is 5.82 Å². The van der Waals surface area contributed by atoms with Gasteiger partial charge >= 0.3 is 6.08 Å². The molecule has 0 N–H and O–H groups in total. The van der Waals surface area contributed by atoms with Gasteiger partial charge in [0.1, 0.15) is 12.4 Å². The average Bonchev–Trinajstić information content (AvgIpc) is 2.84. The molecule has 0 radical (unpaired) electrons. The molecule has 0 fully saturated rings. The molecule has 19 heavy (non-hydrogen) atoms. The first-order chi connectivity index (χ1) is 9.24. The monoisotopic (exact) mass is 259 g/mol. The summed E-state index contributed by atoms with van der Waals surface area (Å²) in [5, 5.41) is 4.08. The van der Waals surface area contributed by atoms with Gasteiger partial charge in [-0.25, -0.2) is 4.39 Å². The lowest BCUT2D eigenvalue weighted by Crippen LogP contribution is -1.98. The van der Waals surface area contributed by atoms with Crippen molar-refractivity contribution in [3.05, 3.63) is 47.7 Å². The van der Waals surface area contributed by atoms with Gasteiger partial charge in [-0.3, -0.25) is 9.51 Å². The summed E-state index contributed by atoms with van der Waals surface area (Å²) in [6, 6.07) is 6.39. The van der Waals surface area contributed by atoms with Crippen molar-refractivity contribution in [1.29, 1.82) is 0 Å². The minimum atomic E-state index is -0.305. The minimum absolute atomic E-state index is 0.0888. The highest BCUT2D eigenvalue weighted by Crippen LogP contribution is 2.20. The van der Waals surface area contributed by atoms with Crippen LogP contribution in [0.3, 0.4) is 0 Å². The standard InChI is InChI=1S/C13H10FN3O2/c1-8-16-13(19-17-8)18-7-9-4-5-11(14)10-3-2-6-15-12(9)10/h2-6H,7H2,1H3. The van der Waals surface area contributed by atoms with E-state index < -0.39 is 0 Å². The molecular formula is C13H10FN3O2. The molecule has 0 saturated heterocycles. The Morgan fingerprint density at radius 2 is 2.21 bits per heavy atom. The molecule has 0 atom stereocenters. The number of fused-ring (bicyclic) bond motifs is 1. The third kappa shape index (κ3) is 2.24. The van der Waals surface area contributed by atoms with Crippen LogP contribution in [0.5, 0.6) is 6.08 Å². The Labute approximate surface area is 108 Å². The van der Waals surface area contributed by atoms with Crippen molar-refractivity contribution in [1.82, 2.24) is 15.1 Å². The number of nitrogens with zero attached hydrogens (tertiary/aromatic N) is 3. The van der Waals surface area contributed by atoms with Crippen molar-refractivity contribution in [2.24, 2.45) is 0 Å². The second-order valence-corrected chi connectivity index (χ2v) is 4.00. The first kappa shape index (κ1) is 11.6. The topological polar surface area (TPSA) is 61.0 Å². The molecule has 3 rings (SSSR count). The van der Waals surface area contributed by atoms with Crippen LogP contribution in [-0.4, -0.2) is 15.1 Å². The summed E-state index contributed by atoms with van der Waals surface area (Å²) in [6.45, 7) is 1.89. The molecule has 0 aliphatic carbocycles. The van der Waals surface area contributed by atoms with Gasteiger partial charge in [-0.15, -0.1) is 0 Å². The molecule has 1 aromatic carbocycles. The van der Waals surface area contributed by atoms with E-state index >= 15 is 0 Å². The molecule has 0 spiro atoms. The molecule has 0 bridgehead atoms. The van der Waals surface area contributed by atoms with E-state index in [1.54, 1.807) is 31.3 Å². The number of ether oxygens (including phenoxy) is 1. The van der Waals surface area contributed by atoms with E-state index in [1.165, 1.54) is 6.07 Å². The summed E-state index contributed by atoms with van der Waals surface area (Å²) in [6.07, 6.45) is 1.70. The van der Waals surface area contributed by atoms with Crippen molar-refractivity contribution in [3.63, 3.8) is 0 Å². The maximum absolute atomic E-state index is 13.6. The van der Waals surface area contributed by atoms with Gasteiger partial charge in [0, 0.05) is 17.1 Å². The van der Waals surface area contributed by atoms with Gasteiger partial charge in [-0.05, 0) is 25.1 Å². The quantitative estimate of drug-likeness (QED) is 0.723. The number of halogens is 1. The zero-order valence-corrected chi connectivity index (χ0v) is 10.1. The number of pyridine rings is 1. The van der Waals surface area contributed by atoms with Crippen LogP contribution in [0.4, 0.5) is 4.39 Å². The molecule has 3 aromatic rings. The summed E-state index contributed by atoms with van der Waals surface area (Å²) < 4.78 is 23.8. The van der Waals surface area contributed by atoms with Crippen molar-refractivity contribution in [2.45, 2.75) is 13.5 Å². The van der Waals surface area contributed by atoms with E-state index in [4.69, 9.17) is 9.26 Å². The van der Waals surface area contributed by atoms with Crippen molar-refractivity contribution in [3.8, 4) is 6.08 Å². The molecule has 0 amide bonds. The van der Waals surface area contributed by atoms with Gasteiger partial charge in [0.05, 0.1) is 5.52 Å². The lowest BCUT2D eigenvalue weighted by molar-refractivity contribution is 0.195. The predicted molar refractivity (Wildman–Crippen MR) is 65.1 cm³/mol. The van der Waals surface area contributed by atoms with Crippen molar-refractivity contribution < 1.29 is 13.7 Å². The number of rotatable bonds is 3. The third-order valence-electron chi connectivity index (χ3n) is 2.66. The van der Waals surface area contributed by atoms with E-state index in [-0.39, 0.29) is 18.5 Å². The Kier molecular flexibility index (Phi) is 2.83. The predicted octanol–water partition coefficient (Wildman–Crippen LogP) is 2.64. The molecule has 0 unspecified atom stereocenters. The highest BCUT2D eigenvalue weighted by Gasteiger charge is 2.09. The Morgan fingerprint density at radius 1 is 1.32 bits per heavy atom. The molecule has 0 saturated carbocycles. The highest BCUT2D eigenvalue weighted by atomic mass is 19.1. The number of aromatic nitrogens is 3. The fourth-order valence-corrected chi connectivity index (χ4v) is 1.79. The molecule has 0 aliphatic rings. The normalized spacial score (nSPS) is 10.8. The van der Waals surface area contributed by atoms with Crippen molar-refractivity contribution in [2.75, 3.05) is 0 Å². The van der Waals surface area contributed by atoms with Gasteiger partial charge in [0.2, 0.25) is 0 Å². The zero-order chi connectivity index (χ0) is 13.2. The smallest absolute Gasteiger partial charge is 0.417 e. The molecule has 5 nitrogen and oxygen atoms in total. The van der Waals surface area contributed by atoms with Crippen LogP contribution in [0.25, 0.3) is 10.9 Å². The molecule has 96 valence electrons. The molecule has 2 aromatic heterocycles. The largest absolute Gasteiger partial charge is 0.444 e. The molecule has 2 heterocycles. The van der Waals surface area contributed by atoms with E-state index in [0.717, 1.165) is 5.56 Å². The Hall–Kier alpha value is -2.50. The third-order valence-corrected chi connectivity index (χ3v) is 2.66. The maximum Gasteiger partial charge on any atom is 0.417 e. The second-order valence-electron chi connectivity index (χ2n) is 4.00. The van der Waals surface area contributed by atoms with Crippen LogP contribution in [0.2, 0.25) is 0 Å². The first-order valence-electron chi connectivity index (χ1n) is 5.69. The summed E-state index contributed by atoms with van der Waals surface area (Å²) in [4.78, 5) is 8.10. The number of benzene rings is 1. The summed E-state index contributed by atoms with van der Waals surface area (Å²) in [5.74, 6) is 0.192. The molecule has 6 heteroatoms. The van der Waals surface area contributed by atoms with Crippen LogP contribution in [-0.2, 0) is 6.61 Å². The van der Waals surface area contributed by atoms with Gasteiger partial charge in [0.25, 0.3) is 0 Å². The lowest BCUT2D eigenvalue weighted by atomic mass is 10.1. The molecular weight excluding hydrogens is 249 g/mol. The first-order valence-corrected chi connectivity index (χ1v) is 5.69. The van der Waals surface area contributed by atoms with Crippen LogP contribution in [0.15, 0.2) is 35.0 Å². The maximum atomic E-state index is 13.6. The van der Waals surface area contributed by atoms with E-state index in [2.05, 4.69) is 15.1 Å². The zero-order valence-electron chi connectivity index (χ0n) is 10.1. The lowest BCUT2D eigenvalue weighted by Gasteiger charge is -2.05. The summed E-state index contributed by atoms with van der Waals surface area (Å²) >= 11 is 0. The Morgan fingerprint density at radius 3 is 3.00 bits per heavy atom. The van der Waals surface area contributed by atoms with E-state index in [1.807, 2.05) is 0 Å². The Bertz CT molecular complexity index is 727. The Balaban J connectivity index is 1.91. The second kappa shape index (κ2) is 4.64. The summed E-state index contributed by atoms with van der Waals surface area (Å²) in [5.41, 5.74) is 1.33. The van der Waals surface area contributed by atoms with Crippen LogP contribution in [0, 0.1) is 12.7 Å². The number of hydrogen-bond donors (Lipinski definition) is 0. The number of aryl methyl sites for hydroxylation is 1. The van der Waals surface area contributed by atoms with Gasteiger partial charge < -0.3 is 4.74 Å². The molecule has 0 aliphatic heterocycles. The van der Waals surface area contributed by atoms with Crippen LogP contribution in [0.1, 0.15) is 11.4 Å². The SMILES string of the molecule is Cc1noc(OCc2ccc(F)c3cccnc23)n1. The van der Waals surface area contributed by atoms with Gasteiger partial charge in [-0.1, -0.05) is 11.2 Å².